The summed E-state index contributed by atoms with van der Waals surface area (Å²) in [4.78, 5) is 0. The number of rotatable bonds is 4. The van der Waals surface area contributed by atoms with Crippen molar-refractivity contribution in [3.8, 4) is 0 Å². The van der Waals surface area contributed by atoms with Crippen LogP contribution in [0.5, 0.6) is 0 Å². The number of hydrogen-bond acceptors (Lipinski definition) is 1. The van der Waals surface area contributed by atoms with Crippen molar-refractivity contribution in [1.29, 1.82) is 0 Å². The normalized spacial score (nSPS) is 11.7. The molecule has 0 amide bonds. The Balaban J connectivity index is 2.92. The fourth-order valence-corrected chi connectivity index (χ4v) is 1.44. The summed E-state index contributed by atoms with van der Waals surface area (Å²) in [5.74, 6) is -2.80. The highest BCUT2D eigenvalue weighted by Crippen LogP contribution is 2.30. The Hall–Kier alpha value is -0.960. The topological polar surface area (TPSA) is 20.2 Å². The van der Waals surface area contributed by atoms with Crippen LogP contribution in [0.15, 0.2) is 24.3 Å². The second-order valence-electron chi connectivity index (χ2n) is 3.37. The fraction of sp³-hybridized carbons (Fsp3) is 0.455. The van der Waals surface area contributed by atoms with E-state index >= 15 is 0 Å². The van der Waals surface area contributed by atoms with Gasteiger partial charge in [0.1, 0.15) is 0 Å². The van der Waals surface area contributed by atoms with Crippen molar-refractivity contribution >= 4 is 0 Å². The molecule has 1 nitrogen and oxygen atoms in total. The molecule has 3 heteroatoms. The predicted octanol–water partition coefficient (Wildman–Crippen LogP) is 2.72. The van der Waals surface area contributed by atoms with Crippen LogP contribution in [-0.2, 0) is 12.3 Å². The van der Waals surface area contributed by atoms with Crippen LogP contribution in [0, 0.1) is 0 Å². The van der Waals surface area contributed by atoms with Crippen LogP contribution >= 0.6 is 0 Å². The Labute approximate surface area is 82.4 Å². The Kier molecular flexibility index (Phi) is 3.58. The maximum Gasteiger partial charge on any atom is 0.270 e. The van der Waals surface area contributed by atoms with Crippen molar-refractivity contribution in [2.45, 2.75) is 25.7 Å². The lowest BCUT2D eigenvalue weighted by Crippen LogP contribution is -2.10. The van der Waals surface area contributed by atoms with E-state index in [0.717, 1.165) is 6.92 Å². The van der Waals surface area contributed by atoms with Gasteiger partial charge in [-0.1, -0.05) is 24.3 Å². The number of aliphatic hydroxyl groups is 1. The molecule has 0 bridgehead atoms. The SMILES string of the molecule is CC(F)(F)c1ccccc1CCCO. The van der Waals surface area contributed by atoms with E-state index in [1.54, 1.807) is 18.2 Å². The van der Waals surface area contributed by atoms with Crippen molar-refractivity contribution in [3.05, 3.63) is 35.4 Å². The Morgan fingerprint density at radius 1 is 1.29 bits per heavy atom. The largest absolute Gasteiger partial charge is 0.396 e. The van der Waals surface area contributed by atoms with E-state index in [9.17, 15) is 8.78 Å². The van der Waals surface area contributed by atoms with Crippen LogP contribution < -0.4 is 0 Å². The molecule has 1 aromatic carbocycles. The minimum absolute atomic E-state index is 0.0314. The van der Waals surface area contributed by atoms with Crippen molar-refractivity contribution in [2.24, 2.45) is 0 Å². The van der Waals surface area contributed by atoms with Gasteiger partial charge in [0, 0.05) is 19.1 Å². The lowest BCUT2D eigenvalue weighted by Gasteiger charge is -2.15. The van der Waals surface area contributed by atoms with Crippen LogP contribution in [0.3, 0.4) is 0 Å². The van der Waals surface area contributed by atoms with Gasteiger partial charge < -0.3 is 5.11 Å². The third-order valence-corrected chi connectivity index (χ3v) is 2.09. The van der Waals surface area contributed by atoms with Crippen LogP contribution in [-0.4, -0.2) is 11.7 Å². The molecule has 0 saturated carbocycles. The molecule has 0 spiro atoms. The molecule has 1 rings (SSSR count). The summed E-state index contributed by atoms with van der Waals surface area (Å²) in [6.45, 7) is 0.925. The van der Waals surface area contributed by atoms with Gasteiger partial charge in [0.15, 0.2) is 0 Å². The first-order valence-electron chi connectivity index (χ1n) is 4.63. The molecule has 0 atom stereocenters. The van der Waals surface area contributed by atoms with Gasteiger partial charge in [0.05, 0.1) is 0 Å². The van der Waals surface area contributed by atoms with Gasteiger partial charge in [-0.3, -0.25) is 0 Å². The van der Waals surface area contributed by atoms with Gasteiger partial charge in [0.25, 0.3) is 5.92 Å². The molecule has 0 saturated heterocycles. The highest BCUT2D eigenvalue weighted by atomic mass is 19.3. The van der Waals surface area contributed by atoms with Gasteiger partial charge in [-0.05, 0) is 18.4 Å². The molecule has 0 heterocycles. The van der Waals surface area contributed by atoms with Crippen LogP contribution in [0.2, 0.25) is 0 Å². The number of aryl methyl sites for hydroxylation is 1. The summed E-state index contributed by atoms with van der Waals surface area (Å²) in [5, 5.41) is 8.63. The monoisotopic (exact) mass is 200 g/mol. The quantitative estimate of drug-likeness (QED) is 0.792. The van der Waals surface area contributed by atoms with Gasteiger partial charge in [-0.15, -0.1) is 0 Å². The molecule has 1 N–H and O–H groups in total. The van der Waals surface area contributed by atoms with Crippen molar-refractivity contribution in [2.75, 3.05) is 6.61 Å². The minimum Gasteiger partial charge on any atom is -0.396 e. The summed E-state index contributed by atoms with van der Waals surface area (Å²) in [6.07, 6.45) is 1.02. The Bertz CT molecular complexity index is 292. The zero-order valence-corrected chi connectivity index (χ0v) is 8.13. The molecular weight excluding hydrogens is 186 g/mol. The average molecular weight is 200 g/mol. The third-order valence-electron chi connectivity index (χ3n) is 2.09. The van der Waals surface area contributed by atoms with Gasteiger partial charge in [-0.25, -0.2) is 8.78 Å². The van der Waals surface area contributed by atoms with E-state index in [2.05, 4.69) is 0 Å². The lowest BCUT2D eigenvalue weighted by atomic mass is 9.99. The number of benzene rings is 1. The lowest BCUT2D eigenvalue weighted by molar-refractivity contribution is 0.0165. The molecule has 0 fully saturated rings. The van der Waals surface area contributed by atoms with Crippen LogP contribution in [0.4, 0.5) is 8.78 Å². The number of hydrogen-bond donors (Lipinski definition) is 1. The van der Waals surface area contributed by atoms with Crippen LogP contribution in [0.25, 0.3) is 0 Å². The fourth-order valence-electron chi connectivity index (χ4n) is 1.44. The standard InChI is InChI=1S/C11H14F2O/c1-11(12,13)10-7-3-2-5-9(10)6-4-8-14/h2-3,5,7,14H,4,6,8H2,1H3. The van der Waals surface area contributed by atoms with Crippen molar-refractivity contribution in [1.82, 2.24) is 0 Å². The van der Waals surface area contributed by atoms with Gasteiger partial charge in [0.2, 0.25) is 0 Å². The van der Waals surface area contributed by atoms with E-state index in [1.165, 1.54) is 6.07 Å². The van der Waals surface area contributed by atoms with Gasteiger partial charge in [-0.2, -0.15) is 0 Å². The van der Waals surface area contributed by atoms with Crippen LogP contribution in [0.1, 0.15) is 24.5 Å². The van der Waals surface area contributed by atoms with Gasteiger partial charge >= 0.3 is 0 Å². The summed E-state index contributed by atoms with van der Waals surface area (Å²) in [5.41, 5.74) is 0.683. The first-order valence-corrected chi connectivity index (χ1v) is 4.63. The smallest absolute Gasteiger partial charge is 0.270 e. The third kappa shape index (κ3) is 2.77. The van der Waals surface area contributed by atoms with E-state index in [0.29, 0.717) is 18.4 Å². The predicted molar refractivity (Wildman–Crippen MR) is 51.4 cm³/mol. The number of alkyl halides is 2. The molecule has 0 aliphatic carbocycles. The minimum atomic E-state index is -2.80. The molecule has 0 aliphatic rings. The highest BCUT2D eigenvalue weighted by molar-refractivity contribution is 5.30. The van der Waals surface area contributed by atoms with E-state index in [4.69, 9.17) is 5.11 Å². The molecule has 0 aliphatic heterocycles. The summed E-state index contributed by atoms with van der Waals surface area (Å²) in [7, 11) is 0. The highest BCUT2D eigenvalue weighted by Gasteiger charge is 2.26. The summed E-state index contributed by atoms with van der Waals surface area (Å²) >= 11 is 0. The molecule has 14 heavy (non-hydrogen) atoms. The summed E-state index contributed by atoms with van der Waals surface area (Å²) in [6, 6.07) is 6.46. The maximum atomic E-state index is 13.1. The zero-order valence-electron chi connectivity index (χ0n) is 8.13. The van der Waals surface area contributed by atoms with E-state index in [1.807, 2.05) is 0 Å². The average Bonchev–Trinajstić information content (AvgIpc) is 2.14. The first kappa shape index (κ1) is 11.1. The second kappa shape index (κ2) is 4.51. The Morgan fingerprint density at radius 3 is 2.50 bits per heavy atom. The molecule has 0 radical (unpaired) electrons. The van der Waals surface area contributed by atoms with Crippen molar-refractivity contribution in [3.63, 3.8) is 0 Å². The van der Waals surface area contributed by atoms with E-state index in [-0.39, 0.29) is 12.2 Å². The maximum absolute atomic E-state index is 13.1. The molecule has 78 valence electrons. The zero-order chi connectivity index (χ0) is 10.6. The second-order valence-corrected chi connectivity index (χ2v) is 3.37. The molecule has 0 aromatic heterocycles. The summed E-state index contributed by atoms with van der Waals surface area (Å²) < 4.78 is 26.2. The molecular formula is C11H14F2O. The number of aliphatic hydroxyl groups excluding tert-OH is 1. The van der Waals surface area contributed by atoms with E-state index < -0.39 is 5.92 Å². The molecule has 0 unspecified atom stereocenters. The first-order chi connectivity index (χ1) is 6.55. The number of halogens is 2. The molecule has 1 aromatic rings. The Morgan fingerprint density at radius 2 is 1.93 bits per heavy atom. The van der Waals surface area contributed by atoms with Crippen molar-refractivity contribution < 1.29 is 13.9 Å².